The van der Waals surface area contributed by atoms with Crippen LogP contribution in [0.25, 0.3) is 0 Å². The Kier molecular flexibility index (Phi) is 0.498. The van der Waals surface area contributed by atoms with Gasteiger partial charge in [0.2, 0.25) is 0 Å². The van der Waals surface area contributed by atoms with Gasteiger partial charge in [0.05, 0.1) is 5.10 Å². The summed E-state index contributed by atoms with van der Waals surface area (Å²) in [5, 5.41) is 5.43. The lowest BCUT2D eigenvalue weighted by Crippen LogP contribution is -2.26. The molecule has 0 fully saturated rings. The maximum atomic E-state index is 3.90. The molecule has 2 aliphatic rings. The highest BCUT2D eigenvalue weighted by Gasteiger charge is 2.25. The van der Waals surface area contributed by atoms with Crippen LogP contribution in [-0.2, 0) is 0 Å². The summed E-state index contributed by atoms with van der Waals surface area (Å²) >= 11 is 0. The smallest absolute Gasteiger partial charge is 0.222 e. The monoisotopic (exact) mass is 108 g/mol. The minimum atomic E-state index is 0.852. The van der Waals surface area contributed by atoms with Gasteiger partial charge in [-0.25, -0.2) is 5.43 Å². The van der Waals surface area contributed by atoms with Gasteiger partial charge in [0.1, 0.15) is 0 Å². The Morgan fingerprint density at radius 2 is 2.75 bits per heavy atom. The van der Waals surface area contributed by atoms with Gasteiger partial charge in [-0.2, -0.15) is 0 Å². The van der Waals surface area contributed by atoms with Crippen molar-refractivity contribution in [2.24, 2.45) is 5.10 Å². The fraction of sp³-hybridized carbons (Fsp3) is 0. The van der Waals surface area contributed by atoms with Gasteiger partial charge in [-0.1, -0.05) is 4.99 Å². The molecule has 0 unspecified atom stereocenters. The summed E-state index contributed by atoms with van der Waals surface area (Å²) in [5.74, 6) is 0.852. The van der Waals surface area contributed by atoms with Crippen molar-refractivity contribution in [2.75, 3.05) is 0 Å². The molecule has 0 saturated heterocycles. The number of nitrogens with zero attached hydrogens (tertiary/aromatic N) is 3. The second-order valence-electron chi connectivity index (χ2n) is 1.49. The first kappa shape index (κ1) is 3.65. The molecule has 0 atom stereocenters. The maximum Gasteiger partial charge on any atom is 0.322 e. The number of aliphatic imine (C=N–C) groups is 1. The van der Waals surface area contributed by atoms with Crippen molar-refractivity contribution in [3.05, 3.63) is 12.3 Å². The largest absolute Gasteiger partial charge is 0.322 e. The van der Waals surface area contributed by atoms with Crippen molar-refractivity contribution in [3.63, 3.8) is 0 Å². The molecule has 0 bridgehead atoms. The first-order valence-corrected chi connectivity index (χ1v) is 2.30. The summed E-state index contributed by atoms with van der Waals surface area (Å²) in [6.45, 7) is 0. The van der Waals surface area contributed by atoms with Crippen LogP contribution in [0.4, 0.5) is 0 Å². The van der Waals surface area contributed by atoms with Gasteiger partial charge < -0.3 is 0 Å². The molecule has 39 valence electrons. The predicted molar refractivity (Wildman–Crippen MR) is 29.7 cm³/mol. The van der Waals surface area contributed by atoms with E-state index in [-0.39, 0.29) is 0 Å². The Hall–Kier alpha value is -1.32. The van der Waals surface area contributed by atoms with Crippen LogP contribution in [0, 0.1) is 0 Å². The number of rotatable bonds is 0. The van der Waals surface area contributed by atoms with E-state index in [0.717, 1.165) is 5.84 Å². The number of hydrazine groups is 1. The van der Waals surface area contributed by atoms with Gasteiger partial charge in [-0.15, -0.1) is 0 Å². The van der Waals surface area contributed by atoms with Crippen LogP contribution < -0.4 is 10.4 Å². The average Bonchev–Trinajstić information content (AvgIpc) is 2.15. The Morgan fingerprint density at radius 1 is 1.75 bits per heavy atom. The Morgan fingerprint density at radius 3 is 3.62 bits per heavy atom. The van der Waals surface area contributed by atoms with Crippen LogP contribution in [0.3, 0.4) is 0 Å². The minimum Gasteiger partial charge on any atom is -0.222 e. The first-order chi connectivity index (χ1) is 3.97. The zero-order valence-corrected chi connectivity index (χ0v) is 4.07. The van der Waals surface area contributed by atoms with E-state index < -0.39 is 0 Å². The molecule has 0 aromatic heterocycles. The molecule has 4 nitrogen and oxygen atoms in total. The van der Waals surface area contributed by atoms with Crippen molar-refractivity contribution in [1.29, 1.82) is 0 Å². The molecule has 8 heavy (non-hydrogen) atoms. The van der Waals surface area contributed by atoms with Crippen LogP contribution in [0.2, 0.25) is 0 Å². The number of hydrogen-bond donors (Lipinski definition) is 1. The quantitative estimate of drug-likeness (QED) is 0.433. The minimum absolute atomic E-state index is 0.852. The molecule has 4 heteroatoms. The van der Waals surface area contributed by atoms with Crippen molar-refractivity contribution in [3.8, 4) is 0 Å². The number of hydrazone groups is 1. The summed E-state index contributed by atoms with van der Waals surface area (Å²) in [6.07, 6.45) is 5.15. The number of fused-ring (bicyclic) bond motifs is 1. The molecule has 0 amide bonds. The molecule has 2 rings (SSSR count). The van der Waals surface area contributed by atoms with Crippen LogP contribution in [0.1, 0.15) is 0 Å². The molecule has 2 heterocycles. The summed E-state index contributed by atoms with van der Waals surface area (Å²) in [5.41, 5.74) is 2.84. The SMILES string of the molecule is C1=CC2=[N+]C=NN2N1. The Bertz CT molecular complexity index is 190. The van der Waals surface area contributed by atoms with E-state index in [1.165, 1.54) is 6.34 Å². The van der Waals surface area contributed by atoms with Gasteiger partial charge in [0, 0.05) is 17.4 Å². The predicted octanol–water partition coefficient (Wildman–Crippen LogP) is -0.989. The zero-order chi connectivity index (χ0) is 5.40. The van der Waals surface area contributed by atoms with Gasteiger partial charge in [-0.05, 0) is 0 Å². The third-order valence-electron chi connectivity index (χ3n) is 1.00. The van der Waals surface area contributed by atoms with Crippen molar-refractivity contribution < 1.29 is 0 Å². The standard InChI is InChI=1S/C4H4N4/c1-2-6-8-4(1)5-3-7-8/h1-3,6H/q+1. The van der Waals surface area contributed by atoms with E-state index in [1.807, 2.05) is 6.08 Å². The van der Waals surface area contributed by atoms with E-state index in [4.69, 9.17) is 0 Å². The molecular formula is C4H4N4+. The molecule has 0 aromatic carbocycles. The maximum absolute atomic E-state index is 3.90. The van der Waals surface area contributed by atoms with Crippen molar-refractivity contribution in [2.45, 2.75) is 0 Å². The molecule has 0 aromatic rings. The van der Waals surface area contributed by atoms with Gasteiger partial charge >= 0.3 is 12.2 Å². The average molecular weight is 108 g/mol. The lowest BCUT2D eigenvalue weighted by molar-refractivity contribution is 0.404. The summed E-state index contributed by atoms with van der Waals surface area (Å²) in [7, 11) is 0. The lowest BCUT2D eigenvalue weighted by atomic mass is 10.6. The highest BCUT2D eigenvalue weighted by molar-refractivity contribution is 5.99. The van der Waals surface area contributed by atoms with Crippen molar-refractivity contribution >= 4 is 12.2 Å². The van der Waals surface area contributed by atoms with Crippen LogP contribution in [0.5, 0.6) is 0 Å². The van der Waals surface area contributed by atoms with Crippen LogP contribution >= 0.6 is 0 Å². The normalized spacial score (nSPS) is 21.0. The summed E-state index contributed by atoms with van der Waals surface area (Å²) in [4.78, 5) is 3.90. The second kappa shape index (κ2) is 1.09. The fourth-order valence-electron chi connectivity index (χ4n) is 0.646. The number of hydrogen-bond acceptors (Lipinski definition) is 4. The van der Waals surface area contributed by atoms with E-state index in [0.29, 0.717) is 0 Å². The third kappa shape index (κ3) is 0.294. The zero-order valence-electron chi connectivity index (χ0n) is 4.07. The Labute approximate surface area is 46.2 Å². The fourth-order valence-corrected chi connectivity index (χ4v) is 0.646. The van der Waals surface area contributed by atoms with E-state index in [2.05, 4.69) is 15.5 Å². The molecule has 2 aliphatic heterocycles. The van der Waals surface area contributed by atoms with E-state index in [9.17, 15) is 0 Å². The van der Waals surface area contributed by atoms with Crippen LogP contribution in [-0.4, -0.2) is 17.3 Å². The topological polar surface area (TPSA) is 41.7 Å². The summed E-state index contributed by atoms with van der Waals surface area (Å²) in [6, 6.07) is 0. The first-order valence-electron chi connectivity index (χ1n) is 2.30. The second-order valence-corrected chi connectivity index (χ2v) is 1.49. The molecule has 0 saturated carbocycles. The van der Waals surface area contributed by atoms with Crippen LogP contribution in [0.15, 0.2) is 17.4 Å². The van der Waals surface area contributed by atoms with Crippen molar-refractivity contribution in [1.82, 2.24) is 15.5 Å². The third-order valence-corrected chi connectivity index (χ3v) is 1.00. The van der Waals surface area contributed by atoms with Gasteiger partial charge in [0.25, 0.3) is 0 Å². The Balaban J connectivity index is 2.39. The van der Waals surface area contributed by atoms with E-state index >= 15 is 0 Å². The molecule has 1 N–H and O–H groups in total. The molecule has 0 spiro atoms. The highest BCUT2D eigenvalue weighted by Crippen LogP contribution is 1.96. The molecule has 1 radical (unpaired) electrons. The lowest BCUT2D eigenvalue weighted by Gasteiger charge is -1.91. The van der Waals surface area contributed by atoms with Gasteiger partial charge in [-0.3, -0.25) is 0 Å². The number of amidine groups is 1. The number of nitrogens with one attached hydrogen (secondary N) is 1. The van der Waals surface area contributed by atoms with Gasteiger partial charge in [0.15, 0.2) is 0 Å². The van der Waals surface area contributed by atoms with E-state index in [1.54, 1.807) is 11.3 Å². The molecule has 0 aliphatic carbocycles. The molecular weight excluding hydrogens is 104 g/mol. The highest BCUT2D eigenvalue weighted by atomic mass is 15.7. The summed E-state index contributed by atoms with van der Waals surface area (Å²) < 4.78 is 0.